The maximum atomic E-state index is 11.1. The number of nitrogens with zero attached hydrogens (tertiary/aromatic N) is 2. The first-order chi connectivity index (χ1) is 21.3. The second-order valence-corrected chi connectivity index (χ2v) is 11.9. The van der Waals surface area contributed by atoms with Gasteiger partial charge in [-0.3, -0.25) is 20.2 Å². The third kappa shape index (κ3) is 10.6. The highest BCUT2D eigenvalue weighted by Crippen LogP contribution is 2.30. The molecule has 0 aliphatic carbocycles. The van der Waals surface area contributed by atoms with Crippen molar-refractivity contribution >= 4 is 35.7 Å². The van der Waals surface area contributed by atoms with Gasteiger partial charge in [0.25, 0.3) is 11.4 Å². The number of unbranched alkanes of at least 4 members (excludes halogenated alkanes) is 2. The van der Waals surface area contributed by atoms with Gasteiger partial charge in [-0.1, -0.05) is 115 Å². The number of hydrogen-bond acceptors (Lipinski definition) is 4. The molecule has 0 spiro atoms. The van der Waals surface area contributed by atoms with E-state index in [0.717, 1.165) is 36.8 Å². The molecule has 0 N–H and O–H groups in total. The molecule has 3 aromatic carbocycles. The number of benzene rings is 3. The average molecular weight is 597 g/mol. The van der Waals surface area contributed by atoms with Crippen LogP contribution >= 0.6 is 0 Å². The second kappa shape index (κ2) is 17.9. The van der Waals surface area contributed by atoms with E-state index in [1.54, 1.807) is 48.5 Å². The predicted octanol–water partition coefficient (Wildman–Crippen LogP) is 11.4. The van der Waals surface area contributed by atoms with E-state index >= 15 is 0 Å². The molecule has 3 aromatic rings. The maximum absolute atomic E-state index is 11.1. The molecule has 0 amide bonds. The zero-order valence-electron chi connectivity index (χ0n) is 26.8. The lowest BCUT2D eigenvalue weighted by atomic mass is 9.84. The molecule has 0 saturated heterocycles. The van der Waals surface area contributed by atoms with E-state index < -0.39 is 0 Å². The van der Waals surface area contributed by atoms with Crippen LogP contribution in [0.2, 0.25) is 0 Å². The first kappa shape index (κ1) is 34.4. The van der Waals surface area contributed by atoms with Crippen LogP contribution in [0.15, 0.2) is 60.7 Å². The van der Waals surface area contributed by atoms with Crippen LogP contribution < -0.4 is 0 Å². The molecule has 0 radical (unpaired) electrons. The van der Waals surface area contributed by atoms with Gasteiger partial charge in [-0.2, -0.15) is 0 Å². The molecule has 6 heteroatoms. The van der Waals surface area contributed by atoms with Gasteiger partial charge >= 0.3 is 0 Å². The zero-order valence-corrected chi connectivity index (χ0v) is 26.8. The Morgan fingerprint density at radius 3 is 1.25 bits per heavy atom. The van der Waals surface area contributed by atoms with E-state index in [9.17, 15) is 20.2 Å². The monoisotopic (exact) mass is 596 g/mol. The van der Waals surface area contributed by atoms with E-state index in [4.69, 9.17) is 0 Å². The molecular weight excluding hydrogens is 548 g/mol. The summed E-state index contributed by atoms with van der Waals surface area (Å²) in [6.45, 7) is 9.03. The van der Waals surface area contributed by atoms with E-state index in [1.807, 2.05) is 0 Å². The van der Waals surface area contributed by atoms with Crippen LogP contribution in [0, 0.1) is 32.1 Å². The van der Waals surface area contributed by atoms with Crippen LogP contribution in [-0.4, -0.2) is 9.85 Å². The zero-order chi connectivity index (χ0) is 31.9. The molecule has 44 heavy (non-hydrogen) atoms. The summed E-state index contributed by atoms with van der Waals surface area (Å²) in [7, 11) is 0. The van der Waals surface area contributed by atoms with Crippen molar-refractivity contribution in [3.63, 3.8) is 0 Å². The largest absolute Gasteiger partial charge is 0.269 e. The highest BCUT2D eigenvalue weighted by molar-refractivity contribution is 5.76. The molecule has 0 fully saturated rings. The summed E-state index contributed by atoms with van der Waals surface area (Å²) in [5.74, 6) is 1.18. The van der Waals surface area contributed by atoms with Crippen molar-refractivity contribution in [2.24, 2.45) is 11.8 Å². The predicted molar refractivity (Wildman–Crippen MR) is 185 cm³/mol. The lowest BCUT2D eigenvalue weighted by Gasteiger charge is -2.21. The van der Waals surface area contributed by atoms with Crippen molar-refractivity contribution in [3.8, 4) is 0 Å². The molecular formula is C38H48N2O4. The van der Waals surface area contributed by atoms with Gasteiger partial charge in [0.2, 0.25) is 0 Å². The SMILES string of the molecule is CCCCC(CC)Cc1cc(/C=C/c2ccc([N+](=O)[O-])cc2)c(CC(CC)CCCC)cc1/C=C/c1ccc([N+](=O)[O-])cc1. The minimum atomic E-state index is -0.370. The summed E-state index contributed by atoms with van der Waals surface area (Å²) < 4.78 is 0. The Hall–Kier alpha value is -4.06. The smallest absolute Gasteiger partial charge is 0.258 e. The normalized spacial score (nSPS) is 13.0. The molecule has 6 nitrogen and oxygen atoms in total. The fourth-order valence-corrected chi connectivity index (χ4v) is 5.69. The summed E-state index contributed by atoms with van der Waals surface area (Å²) in [4.78, 5) is 21.5. The molecule has 0 aliphatic heterocycles. The number of nitro groups is 2. The van der Waals surface area contributed by atoms with Crippen molar-refractivity contribution < 1.29 is 9.85 Å². The summed E-state index contributed by atoms with van der Waals surface area (Å²) in [6.07, 6.45) is 19.9. The lowest BCUT2D eigenvalue weighted by molar-refractivity contribution is -0.385. The quantitative estimate of drug-likeness (QED) is 0.0830. The van der Waals surface area contributed by atoms with Crippen molar-refractivity contribution in [1.29, 1.82) is 0 Å². The molecule has 234 valence electrons. The number of hydrogen-bond donors (Lipinski definition) is 0. The highest BCUT2D eigenvalue weighted by Gasteiger charge is 2.16. The second-order valence-electron chi connectivity index (χ2n) is 11.9. The maximum Gasteiger partial charge on any atom is 0.269 e. The van der Waals surface area contributed by atoms with Gasteiger partial charge in [-0.15, -0.1) is 0 Å². The lowest BCUT2D eigenvalue weighted by Crippen LogP contribution is -2.09. The third-order valence-corrected chi connectivity index (χ3v) is 8.62. The molecule has 2 atom stereocenters. The van der Waals surface area contributed by atoms with Crippen LogP contribution in [0.5, 0.6) is 0 Å². The molecule has 0 saturated carbocycles. The van der Waals surface area contributed by atoms with Crippen molar-refractivity contribution in [2.45, 2.75) is 91.9 Å². The average Bonchev–Trinajstić information content (AvgIpc) is 3.04. The minimum Gasteiger partial charge on any atom is -0.258 e. The van der Waals surface area contributed by atoms with Crippen molar-refractivity contribution in [3.05, 3.63) is 114 Å². The summed E-state index contributed by atoms with van der Waals surface area (Å²) in [5, 5.41) is 22.3. The van der Waals surface area contributed by atoms with Gasteiger partial charge in [0.15, 0.2) is 0 Å². The van der Waals surface area contributed by atoms with E-state index in [-0.39, 0.29) is 21.2 Å². The van der Waals surface area contributed by atoms with Gasteiger partial charge in [0.1, 0.15) is 0 Å². The van der Waals surface area contributed by atoms with Crippen LogP contribution in [0.4, 0.5) is 11.4 Å². The van der Waals surface area contributed by atoms with E-state index in [2.05, 4.69) is 64.1 Å². The number of rotatable bonds is 18. The fraction of sp³-hybridized carbons (Fsp3) is 0.421. The van der Waals surface area contributed by atoms with E-state index in [0.29, 0.717) is 11.8 Å². The Labute approximate surface area is 263 Å². The first-order valence-corrected chi connectivity index (χ1v) is 16.3. The highest BCUT2D eigenvalue weighted by atomic mass is 16.6. The van der Waals surface area contributed by atoms with Gasteiger partial charge < -0.3 is 0 Å². The first-order valence-electron chi connectivity index (χ1n) is 16.3. The van der Waals surface area contributed by atoms with Crippen LogP contribution in [0.25, 0.3) is 24.3 Å². The van der Waals surface area contributed by atoms with Crippen LogP contribution in [-0.2, 0) is 12.8 Å². The van der Waals surface area contributed by atoms with Gasteiger partial charge in [-0.05, 0) is 82.3 Å². The van der Waals surface area contributed by atoms with Crippen LogP contribution in [0.1, 0.15) is 112 Å². The Kier molecular flexibility index (Phi) is 14.0. The van der Waals surface area contributed by atoms with Gasteiger partial charge in [0, 0.05) is 24.3 Å². The van der Waals surface area contributed by atoms with Gasteiger partial charge in [0.05, 0.1) is 9.85 Å². The molecule has 0 aromatic heterocycles. The Balaban J connectivity index is 2.09. The summed E-state index contributed by atoms with van der Waals surface area (Å²) in [5.41, 5.74) is 7.05. The molecule has 0 aliphatic rings. The number of nitro benzene ring substituents is 2. The Morgan fingerprint density at radius 2 is 0.955 bits per heavy atom. The Morgan fingerprint density at radius 1 is 0.591 bits per heavy atom. The Bertz CT molecular complexity index is 1300. The standard InChI is InChI=1S/C38H48N2O4/c1-5-9-11-29(7-3)25-35-27-34(20-14-32-17-23-38(24-18-32)40(43)44)36(26-30(8-4)12-10-6-2)28-33(35)19-13-31-15-21-37(22-16-31)39(41)42/h13-24,27-30H,5-12,25-26H2,1-4H3/b19-13+,20-14+. The fourth-order valence-electron chi connectivity index (χ4n) is 5.69. The topological polar surface area (TPSA) is 86.3 Å². The van der Waals surface area contributed by atoms with Crippen molar-refractivity contribution in [2.75, 3.05) is 0 Å². The molecule has 3 rings (SSSR count). The van der Waals surface area contributed by atoms with E-state index in [1.165, 1.54) is 60.8 Å². The number of non-ortho nitro benzene ring substituents is 2. The molecule has 0 bridgehead atoms. The summed E-state index contributed by atoms with van der Waals surface area (Å²) in [6, 6.07) is 18.1. The van der Waals surface area contributed by atoms with Gasteiger partial charge in [-0.25, -0.2) is 0 Å². The van der Waals surface area contributed by atoms with Crippen LogP contribution in [0.3, 0.4) is 0 Å². The summed E-state index contributed by atoms with van der Waals surface area (Å²) >= 11 is 0. The minimum absolute atomic E-state index is 0.0914. The van der Waals surface area contributed by atoms with Crippen molar-refractivity contribution in [1.82, 2.24) is 0 Å². The molecule has 0 heterocycles. The third-order valence-electron chi connectivity index (χ3n) is 8.62. The molecule has 2 unspecified atom stereocenters.